The van der Waals surface area contributed by atoms with E-state index in [1.807, 2.05) is 19.1 Å². The molecule has 2 heterocycles. The quantitative estimate of drug-likeness (QED) is 0.704. The molecule has 0 spiro atoms. The van der Waals surface area contributed by atoms with E-state index in [9.17, 15) is 4.79 Å². The summed E-state index contributed by atoms with van der Waals surface area (Å²) in [7, 11) is 0. The Hall–Kier alpha value is -2.54. The molecule has 6 nitrogen and oxygen atoms in total. The number of aryl methyl sites for hydroxylation is 1. The summed E-state index contributed by atoms with van der Waals surface area (Å²) >= 11 is 1.37. The molecule has 0 fully saturated rings. The first-order valence-electron chi connectivity index (χ1n) is 5.88. The Kier molecular flexibility index (Phi) is 3.03. The molecule has 0 aliphatic rings. The Balaban J connectivity index is 1.85. The minimum absolute atomic E-state index is 0.259. The summed E-state index contributed by atoms with van der Waals surface area (Å²) in [4.78, 5) is 24.4. The number of thiazole rings is 1. The molecule has 3 rings (SSSR count). The molecule has 0 bridgehead atoms. The lowest BCUT2D eigenvalue weighted by Crippen LogP contribution is -2.13. The highest BCUT2D eigenvalue weighted by atomic mass is 32.1. The molecule has 1 amide bonds. The Morgan fingerprint density at radius 2 is 2.15 bits per heavy atom. The molecule has 0 aliphatic heterocycles. The van der Waals surface area contributed by atoms with Crippen molar-refractivity contribution in [2.24, 2.45) is 0 Å². The number of nitrogen functional groups attached to an aromatic ring is 1. The van der Waals surface area contributed by atoms with Gasteiger partial charge in [-0.1, -0.05) is 11.3 Å². The van der Waals surface area contributed by atoms with Gasteiger partial charge in [0.15, 0.2) is 5.13 Å². The van der Waals surface area contributed by atoms with Gasteiger partial charge in [0, 0.05) is 11.9 Å². The van der Waals surface area contributed by atoms with Crippen LogP contribution in [0.25, 0.3) is 10.2 Å². The van der Waals surface area contributed by atoms with Gasteiger partial charge in [-0.15, -0.1) is 0 Å². The van der Waals surface area contributed by atoms with E-state index >= 15 is 0 Å². The number of aromatic nitrogens is 3. The number of nitrogens with zero attached hydrogens (tertiary/aromatic N) is 3. The molecule has 0 atom stereocenters. The van der Waals surface area contributed by atoms with Crippen LogP contribution in [0.5, 0.6) is 0 Å². The fraction of sp³-hybridized carbons (Fsp3) is 0.0769. The summed E-state index contributed by atoms with van der Waals surface area (Å²) in [5, 5.41) is 3.22. The van der Waals surface area contributed by atoms with Crippen LogP contribution in [0.3, 0.4) is 0 Å². The molecule has 3 aromatic rings. The molecule has 1 aromatic carbocycles. The summed E-state index contributed by atoms with van der Waals surface area (Å²) in [6.45, 7) is 1.81. The third-order valence-corrected chi connectivity index (χ3v) is 3.58. The maximum atomic E-state index is 12.0. The van der Waals surface area contributed by atoms with E-state index in [1.54, 1.807) is 12.3 Å². The van der Waals surface area contributed by atoms with Gasteiger partial charge in [0.25, 0.3) is 5.91 Å². The van der Waals surface area contributed by atoms with Crippen molar-refractivity contribution in [3.63, 3.8) is 0 Å². The smallest absolute Gasteiger partial charge is 0.277 e. The van der Waals surface area contributed by atoms with Crippen LogP contribution in [-0.4, -0.2) is 20.9 Å². The van der Waals surface area contributed by atoms with Crippen LogP contribution in [0.15, 0.2) is 30.6 Å². The predicted octanol–water partition coefficient (Wildman–Crippen LogP) is 2.23. The first-order chi connectivity index (χ1) is 9.61. The number of carbonyl (C=O) groups excluding carboxylic acids is 1. The maximum Gasteiger partial charge on any atom is 0.277 e. The fourth-order valence-corrected chi connectivity index (χ4v) is 2.57. The van der Waals surface area contributed by atoms with Gasteiger partial charge in [0.1, 0.15) is 5.69 Å². The zero-order chi connectivity index (χ0) is 14.1. The van der Waals surface area contributed by atoms with Gasteiger partial charge in [0.05, 0.1) is 22.1 Å². The minimum Gasteiger partial charge on any atom is -0.399 e. The van der Waals surface area contributed by atoms with Crippen molar-refractivity contribution in [3.8, 4) is 0 Å². The standard InChI is InChI=1S/C13H11N5OS/c1-7-5-16-10(6-15-7)12(19)18-13-17-9-3-2-8(14)4-11(9)20-13/h2-6H,14H2,1H3,(H,17,18,19). The zero-order valence-corrected chi connectivity index (χ0v) is 11.4. The lowest BCUT2D eigenvalue weighted by Gasteiger charge is -2.00. The van der Waals surface area contributed by atoms with Gasteiger partial charge >= 0.3 is 0 Å². The fourth-order valence-electron chi connectivity index (χ4n) is 1.67. The highest BCUT2D eigenvalue weighted by Crippen LogP contribution is 2.27. The molecule has 0 saturated carbocycles. The molecule has 0 aliphatic carbocycles. The number of nitrogens with two attached hydrogens (primary N) is 1. The van der Waals surface area contributed by atoms with E-state index < -0.39 is 0 Å². The summed E-state index contributed by atoms with van der Waals surface area (Å²) in [5.74, 6) is -0.329. The van der Waals surface area contributed by atoms with Crippen LogP contribution >= 0.6 is 11.3 Å². The summed E-state index contributed by atoms with van der Waals surface area (Å²) in [6, 6.07) is 5.43. The highest BCUT2D eigenvalue weighted by molar-refractivity contribution is 7.22. The summed E-state index contributed by atoms with van der Waals surface area (Å²) in [5.41, 5.74) is 8.20. The van der Waals surface area contributed by atoms with Gasteiger partial charge in [-0.2, -0.15) is 0 Å². The maximum absolute atomic E-state index is 12.0. The second-order valence-electron chi connectivity index (χ2n) is 4.24. The third kappa shape index (κ3) is 2.43. The van der Waals surface area contributed by atoms with E-state index in [1.165, 1.54) is 17.5 Å². The number of fused-ring (bicyclic) bond motifs is 1. The Morgan fingerprint density at radius 1 is 1.30 bits per heavy atom. The summed E-state index contributed by atoms with van der Waals surface area (Å²) in [6.07, 6.45) is 2.99. The molecule has 0 saturated heterocycles. The van der Waals surface area contributed by atoms with Crippen molar-refractivity contribution in [3.05, 3.63) is 42.0 Å². The van der Waals surface area contributed by atoms with Crippen molar-refractivity contribution in [1.29, 1.82) is 0 Å². The van der Waals surface area contributed by atoms with Gasteiger partial charge in [0.2, 0.25) is 0 Å². The number of anilines is 2. The molecule has 100 valence electrons. The van der Waals surface area contributed by atoms with Gasteiger partial charge in [-0.05, 0) is 25.1 Å². The van der Waals surface area contributed by atoms with Crippen LogP contribution in [0.4, 0.5) is 10.8 Å². The second-order valence-corrected chi connectivity index (χ2v) is 5.27. The van der Waals surface area contributed by atoms with Crippen LogP contribution in [0, 0.1) is 6.92 Å². The van der Waals surface area contributed by atoms with Gasteiger partial charge < -0.3 is 5.73 Å². The molecule has 20 heavy (non-hydrogen) atoms. The number of amides is 1. The average Bonchev–Trinajstić information content (AvgIpc) is 2.80. The summed E-state index contributed by atoms with van der Waals surface area (Å²) < 4.78 is 0.926. The largest absolute Gasteiger partial charge is 0.399 e. The number of benzene rings is 1. The molecule has 3 N–H and O–H groups in total. The molecular formula is C13H11N5OS. The van der Waals surface area contributed by atoms with Crippen LogP contribution in [0.1, 0.15) is 16.2 Å². The van der Waals surface area contributed by atoms with Crippen molar-refractivity contribution < 1.29 is 4.79 Å². The predicted molar refractivity (Wildman–Crippen MR) is 78.8 cm³/mol. The van der Waals surface area contributed by atoms with Crippen molar-refractivity contribution >= 4 is 38.3 Å². The Morgan fingerprint density at radius 3 is 2.90 bits per heavy atom. The van der Waals surface area contributed by atoms with Crippen molar-refractivity contribution in [1.82, 2.24) is 15.0 Å². The van der Waals surface area contributed by atoms with E-state index in [0.29, 0.717) is 10.8 Å². The van der Waals surface area contributed by atoms with Crippen molar-refractivity contribution in [2.75, 3.05) is 11.1 Å². The average molecular weight is 285 g/mol. The van der Waals surface area contributed by atoms with Crippen LogP contribution in [-0.2, 0) is 0 Å². The van der Waals surface area contributed by atoms with E-state index in [0.717, 1.165) is 15.9 Å². The van der Waals surface area contributed by atoms with E-state index in [-0.39, 0.29) is 11.6 Å². The number of hydrogen-bond donors (Lipinski definition) is 2. The monoisotopic (exact) mass is 285 g/mol. The SMILES string of the molecule is Cc1cnc(C(=O)Nc2nc3ccc(N)cc3s2)cn1. The Bertz CT molecular complexity index is 781. The second kappa shape index (κ2) is 4.86. The van der Waals surface area contributed by atoms with Crippen LogP contribution in [0.2, 0.25) is 0 Å². The lowest BCUT2D eigenvalue weighted by molar-refractivity contribution is 0.102. The first kappa shape index (κ1) is 12.5. The molecule has 7 heteroatoms. The Labute approximate surface area is 118 Å². The number of carbonyl (C=O) groups is 1. The van der Waals surface area contributed by atoms with Crippen LogP contribution < -0.4 is 11.1 Å². The number of nitrogens with one attached hydrogen (secondary N) is 1. The number of hydrogen-bond acceptors (Lipinski definition) is 6. The highest BCUT2D eigenvalue weighted by Gasteiger charge is 2.11. The molecule has 0 radical (unpaired) electrons. The molecule has 2 aromatic heterocycles. The van der Waals surface area contributed by atoms with Gasteiger partial charge in [-0.25, -0.2) is 9.97 Å². The normalized spacial score (nSPS) is 10.7. The topological polar surface area (TPSA) is 93.8 Å². The van der Waals surface area contributed by atoms with E-state index in [4.69, 9.17) is 5.73 Å². The number of rotatable bonds is 2. The van der Waals surface area contributed by atoms with Gasteiger partial charge in [-0.3, -0.25) is 15.1 Å². The zero-order valence-electron chi connectivity index (χ0n) is 10.6. The minimum atomic E-state index is -0.329. The van der Waals surface area contributed by atoms with Crippen molar-refractivity contribution in [2.45, 2.75) is 6.92 Å². The molecule has 0 unspecified atom stereocenters. The first-order valence-corrected chi connectivity index (χ1v) is 6.69. The molecular weight excluding hydrogens is 274 g/mol. The van der Waals surface area contributed by atoms with E-state index in [2.05, 4.69) is 20.3 Å². The lowest BCUT2D eigenvalue weighted by atomic mass is 10.3. The third-order valence-electron chi connectivity index (χ3n) is 2.65.